The molecule has 0 aliphatic rings. The zero-order valence-corrected chi connectivity index (χ0v) is 14.0. The van der Waals surface area contributed by atoms with Gasteiger partial charge in [0.05, 0.1) is 18.8 Å². The number of pyridine rings is 1. The van der Waals surface area contributed by atoms with Crippen LogP contribution in [0.3, 0.4) is 0 Å². The number of ether oxygens (including phenoxy) is 1. The van der Waals surface area contributed by atoms with E-state index in [9.17, 15) is 4.79 Å². The first-order valence-electron chi connectivity index (χ1n) is 8.26. The number of nitrogens with one attached hydrogen (secondary N) is 1. The Balaban J connectivity index is 1.56. The van der Waals surface area contributed by atoms with Crippen LogP contribution >= 0.6 is 0 Å². The number of aromatic amines is 1. The van der Waals surface area contributed by atoms with Crippen molar-refractivity contribution in [3.8, 4) is 5.75 Å². The molecule has 0 bridgehead atoms. The number of aromatic nitrogens is 2. The molecule has 0 aliphatic carbocycles. The number of hydrogen-bond donors (Lipinski definition) is 1. The van der Waals surface area contributed by atoms with Crippen LogP contribution in [0.1, 0.15) is 22.3 Å². The van der Waals surface area contributed by atoms with Crippen molar-refractivity contribution in [2.45, 2.75) is 12.8 Å². The number of Topliss-reactive ketones (excluding diaryl/α,β-unsaturated/α-hetero) is 1. The average Bonchev–Trinajstić information content (AvgIpc) is 3.04. The summed E-state index contributed by atoms with van der Waals surface area (Å²) in [6, 6.07) is 15.7. The van der Waals surface area contributed by atoms with Gasteiger partial charge in [-0.05, 0) is 36.2 Å². The molecule has 1 N–H and O–H groups in total. The third-order valence-corrected chi connectivity index (χ3v) is 4.50. The SMILES string of the molecule is COc1cccc(CCC(=O)c2ccc3c(c2)[nH]c2cnccc23)c1. The summed E-state index contributed by atoms with van der Waals surface area (Å²) in [4.78, 5) is 20.0. The molecule has 0 amide bonds. The Morgan fingerprint density at radius 1 is 1.08 bits per heavy atom. The molecule has 4 nitrogen and oxygen atoms in total. The third kappa shape index (κ3) is 2.98. The first-order chi connectivity index (χ1) is 12.2. The van der Waals surface area contributed by atoms with E-state index in [1.165, 1.54) is 0 Å². The number of benzene rings is 2. The number of nitrogens with zero attached hydrogens (tertiary/aromatic N) is 1. The molecule has 25 heavy (non-hydrogen) atoms. The summed E-state index contributed by atoms with van der Waals surface area (Å²) >= 11 is 0. The minimum atomic E-state index is 0.140. The van der Waals surface area contributed by atoms with E-state index in [1.807, 2.05) is 48.5 Å². The second kappa shape index (κ2) is 6.40. The molecule has 4 heteroatoms. The van der Waals surface area contributed by atoms with E-state index in [-0.39, 0.29) is 5.78 Å². The maximum Gasteiger partial charge on any atom is 0.163 e. The maximum atomic E-state index is 12.6. The molecule has 0 unspecified atom stereocenters. The van der Waals surface area contributed by atoms with Gasteiger partial charge in [0.25, 0.3) is 0 Å². The maximum absolute atomic E-state index is 12.6. The molecular weight excluding hydrogens is 312 g/mol. The number of carbonyl (C=O) groups excluding carboxylic acids is 1. The first-order valence-corrected chi connectivity index (χ1v) is 8.26. The fourth-order valence-electron chi connectivity index (χ4n) is 3.16. The van der Waals surface area contributed by atoms with Crippen molar-refractivity contribution in [3.63, 3.8) is 0 Å². The van der Waals surface area contributed by atoms with Crippen molar-refractivity contribution in [1.29, 1.82) is 0 Å². The lowest BCUT2D eigenvalue weighted by atomic mass is 10.0. The van der Waals surface area contributed by atoms with Crippen molar-refractivity contribution in [2.24, 2.45) is 0 Å². The fraction of sp³-hybridized carbons (Fsp3) is 0.143. The average molecular weight is 330 g/mol. The van der Waals surface area contributed by atoms with Crippen molar-refractivity contribution >= 4 is 27.6 Å². The summed E-state index contributed by atoms with van der Waals surface area (Å²) < 4.78 is 5.23. The number of rotatable bonds is 5. The smallest absolute Gasteiger partial charge is 0.163 e. The Morgan fingerprint density at radius 2 is 1.96 bits per heavy atom. The number of hydrogen-bond acceptors (Lipinski definition) is 3. The Hall–Kier alpha value is -3.14. The Kier molecular flexibility index (Phi) is 3.94. The van der Waals surface area contributed by atoms with Crippen LogP contribution < -0.4 is 4.74 Å². The van der Waals surface area contributed by atoms with E-state index in [0.717, 1.165) is 38.7 Å². The van der Waals surface area contributed by atoms with Gasteiger partial charge in [-0.25, -0.2) is 0 Å². The molecule has 124 valence electrons. The van der Waals surface area contributed by atoms with Gasteiger partial charge in [-0.15, -0.1) is 0 Å². The molecule has 2 aromatic heterocycles. The standard InChI is InChI=1S/C21H18N2O2/c1-25-16-4-2-3-14(11-16)5-8-21(24)15-6-7-17-18-9-10-22-13-20(18)23-19(17)12-15/h2-4,6-7,9-13,23H,5,8H2,1H3. The molecule has 0 saturated heterocycles. The van der Waals surface area contributed by atoms with E-state index >= 15 is 0 Å². The predicted molar refractivity (Wildman–Crippen MR) is 99.2 cm³/mol. The molecule has 2 heterocycles. The van der Waals surface area contributed by atoms with Crippen LogP contribution in [0.15, 0.2) is 60.9 Å². The van der Waals surface area contributed by atoms with Gasteiger partial charge in [0, 0.05) is 34.5 Å². The third-order valence-electron chi connectivity index (χ3n) is 4.50. The molecule has 0 fully saturated rings. The van der Waals surface area contributed by atoms with Crippen molar-refractivity contribution in [1.82, 2.24) is 9.97 Å². The monoisotopic (exact) mass is 330 g/mol. The number of H-pyrrole nitrogens is 1. The molecule has 4 aromatic rings. The molecule has 0 aliphatic heterocycles. The molecule has 4 rings (SSSR count). The lowest BCUT2D eigenvalue weighted by Crippen LogP contribution is -2.01. The molecule has 2 aromatic carbocycles. The number of carbonyl (C=O) groups is 1. The largest absolute Gasteiger partial charge is 0.497 e. The van der Waals surface area contributed by atoms with Gasteiger partial charge in [0.15, 0.2) is 5.78 Å². The highest BCUT2D eigenvalue weighted by atomic mass is 16.5. The van der Waals surface area contributed by atoms with Crippen LogP contribution in [-0.2, 0) is 6.42 Å². The van der Waals surface area contributed by atoms with Crippen LogP contribution in [0, 0.1) is 0 Å². The normalized spacial score (nSPS) is 11.1. The molecule has 0 spiro atoms. The van der Waals surface area contributed by atoms with Gasteiger partial charge in [0.2, 0.25) is 0 Å². The topological polar surface area (TPSA) is 55.0 Å². The molecule has 0 atom stereocenters. The number of fused-ring (bicyclic) bond motifs is 3. The summed E-state index contributed by atoms with van der Waals surface area (Å²) in [5.41, 5.74) is 3.79. The first kappa shape index (κ1) is 15.4. The zero-order chi connectivity index (χ0) is 17.2. The lowest BCUT2D eigenvalue weighted by molar-refractivity contribution is 0.0983. The quantitative estimate of drug-likeness (QED) is 0.547. The van der Waals surface area contributed by atoms with Gasteiger partial charge < -0.3 is 9.72 Å². The summed E-state index contributed by atoms with van der Waals surface area (Å²) in [5, 5.41) is 2.24. The summed E-state index contributed by atoms with van der Waals surface area (Å²) in [5.74, 6) is 0.958. The molecule has 0 radical (unpaired) electrons. The van der Waals surface area contributed by atoms with Crippen LogP contribution in [0.2, 0.25) is 0 Å². The predicted octanol–water partition coefficient (Wildman–Crippen LogP) is 4.54. The zero-order valence-electron chi connectivity index (χ0n) is 14.0. The van der Waals surface area contributed by atoms with E-state index in [2.05, 4.69) is 9.97 Å². The molecular formula is C21H18N2O2. The Bertz CT molecular complexity index is 1070. The lowest BCUT2D eigenvalue weighted by Gasteiger charge is -2.05. The highest BCUT2D eigenvalue weighted by Gasteiger charge is 2.10. The van der Waals surface area contributed by atoms with Gasteiger partial charge in [-0.2, -0.15) is 0 Å². The van der Waals surface area contributed by atoms with Crippen LogP contribution in [0.5, 0.6) is 5.75 Å². The van der Waals surface area contributed by atoms with Crippen LogP contribution in [-0.4, -0.2) is 22.9 Å². The number of methoxy groups -OCH3 is 1. The van der Waals surface area contributed by atoms with Crippen LogP contribution in [0.25, 0.3) is 21.8 Å². The van der Waals surface area contributed by atoms with Gasteiger partial charge >= 0.3 is 0 Å². The van der Waals surface area contributed by atoms with Gasteiger partial charge in [0.1, 0.15) is 5.75 Å². The van der Waals surface area contributed by atoms with E-state index < -0.39 is 0 Å². The second-order valence-electron chi connectivity index (χ2n) is 6.08. The number of ketones is 1. The van der Waals surface area contributed by atoms with Gasteiger partial charge in [-0.1, -0.05) is 24.3 Å². The highest BCUT2D eigenvalue weighted by Crippen LogP contribution is 2.26. The summed E-state index contributed by atoms with van der Waals surface area (Å²) in [6.45, 7) is 0. The Morgan fingerprint density at radius 3 is 2.84 bits per heavy atom. The molecule has 0 saturated carbocycles. The van der Waals surface area contributed by atoms with E-state index in [4.69, 9.17) is 4.74 Å². The number of aryl methyl sites for hydroxylation is 1. The van der Waals surface area contributed by atoms with Crippen molar-refractivity contribution in [3.05, 3.63) is 72.1 Å². The Labute approximate surface area is 145 Å². The van der Waals surface area contributed by atoms with E-state index in [0.29, 0.717) is 12.8 Å². The van der Waals surface area contributed by atoms with Crippen molar-refractivity contribution in [2.75, 3.05) is 7.11 Å². The van der Waals surface area contributed by atoms with E-state index in [1.54, 1.807) is 19.5 Å². The second-order valence-corrected chi connectivity index (χ2v) is 6.08. The fourth-order valence-corrected chi connectivity index (χ4v) is 3.16. The van der Waals surface area contributed by atoms with Crippen molar-refractivity contribution < 1.29 is 9.53 Å². The summed E-state index contributed by atoms with van der Waals surface area (Å²) in [6.07, 6.45) is 4.76. The van der Waals surface area contributed by atoms with Crippen LogP contribution in [0.4, 0.5) is 0 Å². The summed E-state index contributed by atoms with van der Waals surface area (Å²) in [7, 11) is 1.65. The minimum Gasteiger partial charge on any atom is -0.497 e. The highest BCUT2D eigenvalue weighted by molar-refractivity contribution is 6.09. The minimum absolute atomic E-state index is 0.140. The van der Waals surface area contributed by atoms with Gasteiger partial charge in [-0.3, -0.25) is 9.78 Å².